The van der Waals surface area contributed by atoms with Gasteiger partial charge < -0.3 is 22.9 Å². The number of benzene rings is 1. The quantitative estimate of drug-likeness (QED) is 0.412. The number of hydrogen-bond acceptors (Lipinski definition) is 4. The summed E-state index contributed by atoms with van der Waals surface area (Å²) >= 11 is 0. The number of rotatable bonds is 1. The smallest absolute Gasteiger partial charge is 0.0867 e. The van der Waals surface area contributed by atoms with E-state index in [4.69, 9.17) is 22.9 Å². The Hall–Kier alpha value is -1.78. The summed E-state index contributed by atoms with van der Waals surface area (Å²) in [5.74, 6) is 0. The first-order valence-corrected chi connectivity index (χ1v) is 5.10. The van der Waals surface area contributed by atoms with E-state index in [1.807, 2.05) is 24.3 Å². The summed E-state index contributed by atoms with van der Waals surface area (Å²) in [4.78, 5) is 0. The topological polar surface area (TPSA) is 104 Å². The Morgan fingerprint density at radius 2 is 1.88 bits per heavy atom. The van der Waals surface area contributed by atoms with Crippen molar-refractivity contribution in [2.75, 3.05) is 11.5 Å². The molecule has 84 valence electrons. The Morgan fingerprint density at radius 3 is 2.44 bits per heavy atom. The van der Waals surface area contributed by atoms with E-state index in [0.29, 0.717) is 17.8 Å². The molecule has 0 unspecified atom stereocenters. The molecule has 0 saturated carbocycles. The summed E-state index contributed by atoms with van der Waals surface area (Å²) in [5.41, 5.74) is 25.7. The highest BCUT2D eigenvalue weighted by Gasteiger charge is 2.18. The molecule has 0 bridgehead atoms. The van der Waals surface area contributed by atoms with Crippen molar-refractivity contribution in [2.24, 2.45) is 11.5 Å². The number of hydrogen-bond donors (Lipinski definition) is 4. The van der Waals surface area contributed by atoms with E-state index in [2.05, 4.69) is 0 Å². The van der Waals surface area contributed by atoms with Crippen LogP contribution in [0.1, 0.15) is 12.0 Å². The van der Waals surface area contributed by atoms with Gasteiger partial charge in [0.15, 0.2) is 0 Å². The summed E-state index contributed by atoms with van der Waals surface area (Å²) in [6, 6.07) is 5.48. The average molecular weight is 216 g/mol. The van der Waals surface area contributed by atoms with Crippen LogP contribution in [-0.2, 0) is 0 Å². The molecule has 0 atom stereocenters. The summed E-state index contributed by atoms with van der Waals surface area (Å²) in [6.07, 6.45) is 6.27. The molecule has 8 N–H and O–H groups in total. The van der Waals surface area contributed by atoms with Crippen LogP contribution in [0.5, 0.6) is 0 Å². The van der Waals surface area contributed by atoms with E-state index in [-0.39, 0.29) is 0 Å². The lowest BCUT2D eigenvalue weighted by molar-refractivity contribution is 0.559. The fourth-order valence-electron chi connectivity index (χ4n) is 1.71. The zero-order valence-electron chi connectivity index (χ0n) is 8.98. The summed E-state index contributed by atoms with van der Waals surface area (Å²) in [7, 11) is 0. The van der Waals surface area contributed by atoms with Crippen molar-refractivity contribution in [3.63, 3.8) is 0 Å². The first-order chi connectivity index (χ1) is 7.48. The third-order valence-corrected chi connectivity index (χ3v) is 2.64. The molecule has 0 spiro atoms. The molecule has 0 amide bonds. The van der Waals surface area contributed by atoms with Crippen molar-refractivity contribution in [1.82, 2.24) is 0 Å². The maximum Gasteiger partial charge on any atom is 0.0867 e. The zero-order chi connectivity index (χ0) is 11.8. The Labute approximate surface area is 94.6 Å². The van der Waals surface area contributed by atoms with Crippen LogP contribution in [-0.4, -0.2) is 5.66 Å². The fraction of sp³-hybridized carbons (Fsp3) is 0.167. The van der Waals surface area contributed by atoms with Crippen LogP contribution >= 0.6 is 0 Å². The molecule has 1 aliphatic carbocycles. The summed E-state index contributed by atoms with van der Waals surface area (Å²) in [5, 5.41) is 0. The molecule has 1 aliphatic rings. The Kier molecular flexibility index (Phi) is 2.46. The van der Waals surface area contributed by atoms with Gasteiger partial charge in [0.2, 0.25) is 0 Å². The van der Waals surface area contributed by atoms with Gasteiger partial charge in [-0.1, -0.05) is 18.2 Å². The molecule has 0 saturated heterocycles. The van der Waals surface area contributed by atoms with Gasteiger partial charge in [-0.25, -0.2) is 0 Å². The largest absolute Gasteiger partial charge is 0.399 e. The second-order valence-corrected chi connectivity index (χ2v) is 4.16. The van der Waals surface area contributed by atoms with Crippen LogP contribution in [0.25, 0.3) is 5.57 Å². The van der Waals surface area contributed by atoms with Crippen molar-refractivity contribution in [2.45, 2.75) is 12.1 Å². The molecule has 0 radical (unpaired) electrons. The number of anilines is 2. The number of allylic oxidation sites excluding steroid dienone is 2. The second-order valence-electron chi connectivity index (χ2n) is 4.16. The van der Waals surface area contributed by atoms with Crippen molar-refractivity contribution in [3.8, 4) is 0 Å². The molecule has 0 aromatic heterocycles. The van der Waals surface area contributed by atoms with E-state index in [9.17, 15) is 0 Å². The lowest BCUT2D eigenvalue weighted by Crippen LogP contribution is -2.47. The van der Waals surface area contributed by atoms with Crippen molar-refractivity contribution < 1.29 is 0 Å². The lowest BCUT2D eigenvalue weighted by Gasteiger charge is -2.23. The predicted octanol–water partition coefficient (Wildman–Crippen LogP) is 0.808. The first kappa shape index (κ1) is 10.7. The normalized spacial score (nSPS) is 18.2. The summed E-state index contributed by atoms with van der Waals surface area (Å²) < 4.78 is 0. The molecular weight excluding hydrogens is 200 g/mol. The van der Waals surface area contributed by atoms with Crippen molar-refractivity contribution in [3.05, 3.63) is 42.0 Å². The Bertz CT molecular complexity index is 472. The van der Waals surface area contributed by atoms with Crippen LogP contribution in [0.3, 0.4) is 0 Å². The van der Waals surface area contributed by atoms with Gasteiger partial charge in [0.25, 0.3) is 0 Å². The highest BCUT2D eigenvalue weighted by Crippen LogP contribution is 2.28. The first-order valence-electron chi connectivity index (χ1n) is 5.10. The zero-order valence-corrected chi connectivity index (χ0v) is 8.98. The summed E-state index contributed by atoms with van der Waals surface area (Å²) in [6.45, 7) is 0. The third kappa shape index (κ3) is 2.08. The molecule has 0 heterocycles. The van der Waals surface area contributed by atoms with Gasteiger partial charge in [-0.15, -0.1) is 0 Å². The van der Waals surface area contributed by atoms with Gasteiger partial charge in [-0.05, 0) is 23.8 Å². The molecule has 4 nitrogen and oxygen atoms in total. The van der Waals surface area contributed by atoms with Gasteiger partial charge in [0.05, 0.1) is 5.66 Å². The third-order valence-electron chi connectivity index (χ3n) is 2.64. The van der Waals surface area contributed by atoms with Crippen LogP contribution in [0.4, 0.5) is 11.4 Å². The molecule has 1 aromatic carbocycles. The predicted molar refractivity (Wildman–Crippen MR) is 68.1 cm³/mol. The Balaban J connectivity index is 2.34. The van der Waals surface area contributed by atoms with Crippen molar-refractivity contribution >= 4 is 16.9 Å². The van der Waals surface area contributed by atoms with E-state index in [1.165, 1.54) is 0 Å². The van der Waals surface area contributed by atoms with Crippen LogP contribution < -0.4 is 22.9 Å². The van der Waals surface area contributed by atoms with E-state index in [1.54, 1.807) is 12.1 Å². The maximum absolute atomic E-state index is 5.90. The minimum atomic E-state index is -0.744. The van der Waals surface area contributed by atoms with E-state index < -0.39 is 5.66 Å². The molecule has 2 rings (SSSR count). The van der Waals surface area contributed by atoms with Gasteiger partial charge in [0.1, 0.15) is 0 Å². The van der Waals surface area contributed by atoms with Gasteiger partial charge in [-0.3, -0.25) is 0 Å². The lowest BCUT2D eigenvalue weighted by atomic mass is 9.93. The highest BCUT2D eigenvalue weighted by atomic mass is 14.9. The average Bonchev–Trinajstić information content (AvgIpc) is 2.19. The van der Waals surface area contributed by atoms with Crippen LogP contribution in [0, 0.1) is 0 Å². The molecular formula is C12H16N4. The molecule has 4 heteroatoms. The van der Waals surface area contributed by atoms with Crippen LogP contribution in [0.2, 0.25) is 0 Å². The van der Waals surface area contributed by atoms with Gasteiger partial charge in [0, 0.05) is 23.4 Å². The second kappa shape index (κ2) is 3.66. The molecule has 1 aromatic rings. The van der Waals surface area contributed by atoms with E-state index in [0.717, 1.165) is 11.1 Å². The molecule has 0 fully saturated rings. The highest BCUT2D eigenvalue weighted by molar-refractivity contribution is 5.83. The number of nitrogen functional groups attached to an aromatic ring is 2. The van der Waals surface area contributed by atoms with Crippen molar-refractivity contribution in [1.29, 1.82) is 0 Å². The fourth-order valence-corrected chi connectivity index (χ4v) is 1.71. The minimum absolute atomic E-state index is 0.600. The standard InChI is InChI=1S/C12H16N4/c13-9-1-2-10(11(14)7-9)8-3-5-12(15,16)6-4-8/h1-5,7H,6,13-16H2. The minimum Gasteiger partial charge on any atom is -0.399 e. The monoisotopic (exact) mass is 216 g/mol. The Morgan fingerprint density at radius 1 is 1.12 bits per heavy atom. The SMILES string of the molecule is Nc1ccc(C2=CCC(N)(N)C=C2)c(N)c1. The van der Waals surface area contributed by atoms with Gasteiger partial charge in [-0.2, -0.15) is 0 Å². The van der Waals surface area contributed by atoms with Crippen LogP contribution in [0.15, 0.2) is 36.4 Å². The van der Waals surface area contributed by atoms with E-state index >= 15 is 0 Å². The maximum atomic E-state index is 5.90. The number of nitrogens with two attached hydrogens (primary N) is 4. The van der Waals surface area contributed by atoms with Gasteiger partial charge >= 0.3 is 0 Å². The molecule has 0 aliphatic heterocycles. The molecule has 16 heavy (non-hydrogen) atoms.